The molecule has 4 aromatic rings. The molecule has 2 aromatic carbocycles. The summed E-state index contributed by atoms with van der Waals surface area (Å²) in [6, 6.07) is 10.7. The topological polar surface area (TPSA) is 69.8 Å². The number of imidazole rings is 2. The van der Waals surface area contributed by atoms with Crippen LogP contribution in [0.25, 0.3) is 10.8 Å². The van der Waals surface area contributed by atoms with Gasteiger partial charge >= 0.3 is 0 Å². The van der Waals surface area contributed by atoms with Gasteiger partial charge in [0.1, 0.15) is 12.7 Å². The molecule has 2 aromatic heterocycles. The van der Waals surface area contributed by atoms with Gasteiger partial charge in [-0.1, -0.05) is 24.3 Å². The van der Waals surface area contributed by atoms with Crippen molar-refractivity contribution in [3.63, 3.8) is 0 Å². The van der Waals surface area contributed by atoms with E-state index in [1.54, 1.807) is 36.9 Å². The van der Waals surface area contributed by atoms with Gasteiger partial charge in [-0.15, -0.1) is 0 Å². The minimum atomic E-state index is -0.190. The Labute approximate surface area is 137 Å². The molecule has 0 bridgehead atoms. The van der Waals surface area contributed by atoms with E-state index in [1.165, 1.54) is 21.8 Å². The summed E-state index contributed by atoms with van der Waals surface area (Å²) in [5, 5.41) is 1.45. The van der Waals surface area contributed by atoms with Crippen LogP contribution < -0.4 is 0 Å². The van der Waals surface area contributed by atoms with Crippen LogP contribution in [0.4, 0.5) is 0 Å². The SMILES string of the molecule is O=C(c1ccc(C(=O)n2ccnc2)c2ccccc12)n1ccnc1. The summed E-state index contributed by atoms with van der Waals surface area (Å²) in [4.78, 5) is 33.1. The normalized spacial score (nSPS) is 10.8. The Morgan fingerprint density at radius 3 is 1.54 bits per heavy atom. The first kappa shape index (κ1) is 14.1. The molecule has 4 rings (SSSR count). The van der Waals surface area contributed by atoms with Crippen molar-refractivity contribution < 1.29 is 9.59 Å². The summed E-state index contributed by atoms with van der Waals surface area (Å²) in [6.07, 6.45) is 9.22. The van der Waals surface area contributed by atoms with Gasteiger partial charge in [-0.2, -0.15) is 0 Å². The van der Waals surface area contributed by atoms with Crippen LogP contribution >= 0.6 is 0 Å². The Morgan fingerprint density at radius 1 is 0.708 bits per heavy atom. The van der Waals surface area contributed by atoms with Crippen LogP contribution in [0.2, 0.25) is 0 Å². The summed E-state index contributed by atoms with van der Waals surface area (Å²) in [5.41, 5.74) is 1.04. The van der Waals surface area contributed by atoms with Gasteiger partial charge in [-0.05, 0) is 22.9 Å². The highest BCUT2D eigenvalue weighted by Crippen LogP contribution is 2.24. The third-order valence-electron chi connectivity index (χ3n) is 3.86. The molecule has 0 aliphatic rings. The van der Waals surface area contributed by atoms with Gasteiger partial charge in [0, 0.05) is 35.9 Å². The van der Waals surface area contributed by atoms with E-state index in [9.17, 15) is 9.59 Å². The molecule has 0 amide bonds. The third-order valence-corrected chi connectivity index (χ3v) is 3.86. The van der Waals surface area contributed by atoms with Crippen molar-refractivity contribution in [2.45, 2.75) is 0 Å². The van der Waals surface area contributed by atoms with Crippen molar-refractivity contribution in [3.8, 4) is 0 Å². The molecule has 0 spiro atoms. The molecule has 6 nitrogen and oxygen atoms in total. The predicted molar refractivity (Wildman–Crippen MR) is 87.9 cm³/mol. The minimum Gasteiger partial charge on any atom is -0.272 e. The lowest BCUT2D eigenvalue weighted by molar-refractivity contribution is 0.0950. The van der Waals surface area contributed by atoms with Crippen molar-refractivity contribution in [2.75, 3.05) is 0 Å². The van der Waals surface area contributed by atoms with Crippen LogP contribution in [-0.2, 0) is 0 Å². The lowest BCUT2D eigenvalue weighted by Crippen LogP contribution is -2.13. The average molecular weight is 316 g/mol. The molecule has 0 saturated carbocycles. The summed E-state index contributed by atoms with van der Waals surface area (Å²) in [6.45, 7) is 0. The lowest BCUT2D eigenvalue weighted by atomic mass is 9.98. The number of carbonyl (C=O) groups is 2. The Balaban J connectivity index is 1.90. The molecular weight excluding hydrogens is 304 g/mol. The van der Waals surface area contributed by atoms with E-state index in [2.05, 4.69) is 9.97 Å². The Bertz CT molecular complexity index is 950. The number of hydrogen-bond donors (Lipinski definition) is 0. The van der Waals surface area contributed by atoms with Crippen molar-refractivity contribution in [3.05, 3.63) is 85.0 Å². The Kier molecular flexibility index (Phi) is 3.28. The highest BCUT2D eigenvalue weighted by Gasteiger charge is 2.17. The zero-order chi connectivity index (χ0) is 16.5. The van der Waals surface area contributed by atoms with E-state index in [4.69, 9.17) is 0 Å². The molecular formula is C18H12N4O2. The van der Waals surface area contributed by atoms with E-state index in [-0.39, 0.29) is 11.8 Å². The number of carbonyl (C=O) groups excluding carboxylic acids is 2. The summed E-state index contributed by atoms with van der Waals surface area (Å²) in [7, 11) is 0. The van der Waals surface area contributed by atoms with Crippen molar-refractivity contribution in [2.24, 2.45) is 0 Å². The first-order valence-electron chi connectivity index (χ1n) is 7.33. The van der Waals surface area contributed by atoms with Crippen LogP contribution in [0, 0.1) is 0 Å². The summed E-state index contributed by atoms with van der Waals surface area (Å²) in [5.74, 6) is -0.379. The number of rotatable bonds is 2. The van der Waals surface area contributed by atoms with Gasteiger partial charge in [0.25, 0.3) is 11.8 Å². The number of benzene rings is 2. The summed E-state index contributed by atoms with van der Waals surface area (Å²) < 4.78 is 2.83. The smallest absolute Gasteiger partial charge is 0.263 e. The van der Waals surface area contributed by atoms with Gasteiger partial charge in [-0.25, -0.2) is 9.97 Å². The predicted octanol–water partition coefficient (Wildman–Crippen LogP) is 2.61. The number of aromatic nitrogens is 4. The van der Waals surface area contributed by atoms with E-state index in [0.717, 1.165) is 10.8 Å². The fraction of sp³-hybridized carbons (Fsp3) is 0. The van der Waals surface area contributed by atoms with E-state index in [0.29, 0.717) is 11.1 Å². The highest BCUT2D eigenvalue weighted by molar-refractivity contribution is 6.14. The maximum atomic E-state index is 12.7. The molecule has 0 fully saturated rings. The minimum absolute atomic E-state index is 0.190. The van der Waals surface area contributed by atoms with Crippen molar-refractivity contribution >= 4 is 22.6 Å². The molecule has 2 heterocycles. The van der Waals surface area contributed by atoms with Gasteiger partial charge in [0.05, 0.1) is 0 Å². The second kappa shape index (κ2) is 5.58. The van der Waals surface area contributed by atoms with Crippen molar-refractivity contribution in [1.82, 2.24) is 19.1 Å². The van der Waals surface area contributed by atoms with Crippen LogP contribution in [0.1, 0.15) is 20.7 Å². The Morgan fingerprint density at radius 2 is 1.17 bits per heavy atom. The third kappa shape index (κ3) is 2.21. The number of nitrogens with zero attached hydrogens (tertiary/aromatic N) is 4. The van der Waals surface area contributed by atoms with E-state index in [1.807, 2.05) is 24.3 Å². The second-order valence-corrected chi connectivity index (χ2v) is 5.26. The standard InChI is InChI=1S/C18H12N4O2/c23-17(21-9-7-19-11-21)15-5-6-16(14-4-2-1-3-13(14)15)18(24)22-10-8-20-12-22/h1-12H. The average Bonchev–Trinajstić information content (AvgIpc) is 3.33. The molecule has 0 aliphatic heterocycles. The largest absolute Gasteiger partial charge is 0.272 e. The van der Waals surface area contributed by atoms with Gasteiger partial charge in [-0.3, -0.25) is 18.7 Å². The molecule has 0 saturated heterocycles. The zero-order valence-corrected chi connectivity index (χ0v) is 12.5. The zero-order valence-electron chi connectivity index (χ0n) is 12.5. The monoisotopic (exact) mass is 316 g/mol. The Hall–Kier alpha value is -3.54. The number of fused-ring (bicyclic) bond motifs is 1. The van der Waals surface area contributed by atoms with Crippen molar-refractivity contribution in [1.29, 1.82) is 0 Å². The van der Waals surface area contributed by atoms with Crippen LogP contribution in [-0.4, -0.2) is 30.9 Å². The first-order valence-corrected chi connectivity index (χ1v) is 7.33. The fourth-order valence-electron chi connectivity index (χ4n) is 2.71. The molecule has 0 unspecified atom stereocenters. The molecule has 6 heteroatoms. The molecule has 24 heavy (non-hydrogen) atoms. The molecule has 0 radical (unpaired) electrons. The molecule has 0 aliphatic carbocycles. The van der Waals surface area contributed by atoms with Gasteiger partial charge < -0.3 is 0 Å². The van der Waals surface area contributed by atoms with Crippen LogP contribution in [0.3, 0.4) is 0 Å². The van der Waals surface area contributed by atoms with E-state index >= 15 is 0 Å². The molecule has 0 N–H and O–H groups in total. The lowest BCUT2D eigenvalue weighted by Gasteiger charge is -2.10. The maximum absolute atomic E-state index is 12.7. The van der Waals surface area contributed by atoms with Gasteiger partial charge in [0.2, 0.25) is 0 Å². The van der Waals surface area contributed by atoms with Gasteiger partial charge in [0.15, 0.2) is 0 Å². The quantitative estimate of drug-likeness (QED) is 0.570. The van der Waals surface area contributed by atoms with Crippen LogP contribution in [0.5, 0.6) is 0 Å². The molecule has 0 atom stereocenters. The fourth-order valence-corrected chi connectivity index (χ4v) is 2.71. The summed E-state index contributed by atoms with van der Waals surface area (Å²) >= 11 is 0. The molecule has 116 valence electrons. The van der Waals surface area contributed by atoms with E-state index < -0.39 is 0 Å². The number of hydrogen-bond acceptors (Lipinski definition) is 4. The second-order valence-electron chi connectivity index (χ2n) is 5.26. The maximum Gasteiger partial charge on any atom is 0.263 e. The first-order chi connectivity index (χ1) is 11.8. The highest BCUT2D eigenvalue weighted by atomic mass is 16.2. The van der Waals surface area contributed by atoms with Crippen LogP contribution in [0.15, 0.2) is 73.8 Å².